The van der Waals surface area contributed by atoms with Crippen LogP contribution in [-0.2, 0) is 0 Å². The first-order valence-electron chi connectivity index (χ1n) is 6.33. The Morgan fingerprint density at radius 3 is 3.05 bits per heavy atom. The van der Waals surface area contributed by atoms with Crippen molar-refractivity contribution < 1.29 is 4.79 Å². The van der Waals surface area contributed by atoms with Gasteiger partial charge >= 0.3 is 0 Å². The molecular formula is C13H17BrN2O2S. The van der Waals surface area contributed by atoms with Crippen molar-refractivity contribution in [3.8, 4) is 0 Å². The first-order valence-corrected chi connectivity index (χ1v) is 8.17. The van der Waals surface area contributed by atoms with Gasteiger partial charge in [0, 0.05) is 36.0 Å². The molecule has 1 aliphatic rings. The molecule has 2 rings (SSSR count). The van der Waals surface area contributed by atoms with Crippen molar-refractivity contribution in [1.29, 1.82) is 0 Å². The SMILES string of the molecule is CC[C@H]1CN(C(=O)c2c[nH]c(C)c(Br)c2=O)CCS1. The lowest BCUT2D eigenvalue weighted by molar-refractivity contribution is 0.0759. The fraction of sp³-hybridized carbons (Fsp3) is 0.538. The highest BCUT2D eigenvalue weighted by Crippen LogP contribution is 2.22. The van der Waals surface area contributed by atoms with Crippen LogP contribution in [0.1, 0.15) is 29.4 Å². The normalized spacial score (nSPS) is 19.5. The van der Waals surface area contributed by atoms with Gasteiger partial charge in [-0.2, -0.15) is 11.8 Å². The molecule has 6 heteroatoms. The van der Waals surface area contributed by atoms with Gasteiger partial charge in [-0.05, 0) is 29.3 Å². The molecule has 1 saturated heterocycles. The molecule has 0 unspecified atom stereocenters. The molecule has 0 aromatic carbocycles. The summed E-state index contributed by atoms with van der Waals surface area (Å²) in [7, 11) is 0. The second-order valence-corrected chi connectivity index (χ2v) is 6.82. The van der Waals surface area contributed by atoms with Crippen LogP contribution in [0.2, 0.25) is 0 Å². The van der Waals surface area contributed by atoms with Crippen LogP contribution in [0.4, 0.5) is 0 Å². The topological polar surface area (TPSA) is 53.2 Å². The Hall–Kier alpha value is -0.750. The molecule has 0 aliphatic carbocycles. The average Bonchev–Trinajstić information content (AvgIpc) is 2.44. The summed E-state index contributed by atoms with van der Waals surface area (Å²) in [6.45, 7) is 5.36. The third kappa shape index (κ3) is 3.05. The molecule has 1 atom stereocenters. The van der Waals surface area contributed by atoms with Crippen molar-refractivity contribution in [1.82, 2.24) is 9.88 Å². The van der Waals surface area contributed by atoms with Gasteiger partial charge in [0.2, 0.25) is 5.43 Å². The molecule has 0 saturated carbocycles. The van der Waals surface area contributed by atoms with Crippen LogP contribution in [-0.4, -0.2) is 39.9 Å². The van der Waals surface area contributed by atoms with Gasteiger partial charge in [0.1, 0.15) is 5.56 Å². The van der Waals surface area contributed by atoms with E-state index < -0.39 is 0 Å². The van der Waals surface area contributed by atoms with Gasteiger partial charge in [-0.3, -0.25) is 9.59 Å². The number of carbonyl (C=O) groups excluding carboxylic acids is 1. The van der Waals surface area contributed by atoms with E-state index in [4.69, 9.17) is 0 Å². The van der Waals surface area contributed by atoms with Crippen molar-refractivity contribution in [2.24, 2.45) is 0 Å². The van der Waals surface area contributed by atoms with E-state index in [2.05, 4.69) is 27.8 Å². The van der Waals surface area contributed by atoms with Crippen molar-refractivity contribution in [3.05, 3.63) is 32.2 Å². The number of halogens is 1. The number of aromatic nitrogens is 1. The number of carbonyl (C=O) groups is 1. The number of H-pyrrole nitrogens is 1. The first kappa shape index (κ1) is 14.7. The van der Waals surface area contributed by atoms with E-state index >= 15 is 0 Å². The van der Waals surface area contributed by atoms with Crippen molar-refractivity contribution >= 4 is 33.6 Å². The van der Waals surface area contributed by atoms with Crippen LogP contribution in [0.3, 0.4) is 0 Å². The van der Waals surface area contributed by atoms with E-state index in [0.717, 1.165) is 24.4 Å². The number of aromatic amines is 1. The lowest BCUT2D eigenvalue weighted by atomic mass is 10.2. The van der Waals surface area contributed by atoms with Crippen LogP contribution >= 0.6 is 27.7 Å². The van der Waals surface area contributed by atoms with Crippen molar-refractivity contribution in [2.75, 3.05) is 18.8 Å². The minimum Gasteiger partial charge on any atom is -0.363 e. The van der Waals surface area contributed by atoms with Crippen LogP contribution in [0, 0.1) is 6.92 Å². The van der Waals surface area contributed by atoms with Crippen molar-refractivity contribution in [3.63, 3.8) is 0 Å². The van der Waals surface area contributed by atoms with Crippen LogP contribution in [0.5, 0.6) is 0 Å². The quantitative estimate of drug-likeness (QED) is 0.896. The second-order valence-electron chi connectivity index (χ2n) is 4.62. The monoisotopic (exact) mass is 344 g/mol. The van der Waals surface area contributed by atoms with E-state index in [0.29, 0.717) is 16.3 Å². The maximum Gasteiger partial charge on any atom is 0.259 e. The van der Waals surface area contributed by atoms with E-state index in [9.17, 15) is 9.59 Å². The zero-order chi connectivity index (χ0) is 14.0. The maximum atomic E-state index is 12.4. The third-order valence-corrected chi connectivity index (χ3v) is 5.64. The molecular weight excluding hydrogens is 328 g/mol. The van der Waals surface area contributed by atoms with Crippen molar-refractivity contribution in [2.45, 2.75) is 25.5 Å². The van der Waals surface area contributed by atoms with Gasteiger partial charge in [-0.1, -0.05) is 6.92 Å². The van der Waals surface area contributed by atoms with Crippen LogP contribution in [0.25, 0.3) is 0 Å². The molecule has 0 spiro atoms. The Kier molecular flexibility index (Phi) is 4.73. The summed E-state index contributed by atoms with van der Waals surface area (Å²) in [5.41, 5.74) is 0.730. The van der Waals surface area contributed by atoms with E-state index in [1.54, 1.807) is 11.8 Å². The number of nitrogens with zero attached hydrogens (tertiary/aromatic N) is 1. The number of hydrogen-bond donors (Lipinski definition) is 1. The zero-order valence-electron chi connectivity index (χ0n) is 11.0. The minimum absolute atomic E-state index is 0.166. The fourth-order valence-corrected chi connectivity index (χ4v) is 3.59. The molecule has 1 aromatic heterocycles. The second kappa shape index (κ2) is 6.13. The van der Waals surface area contributed by atoms with Crippen LogP contribution in [0.15, 0.2) is 15.5 Å². The average molecular weight is 345 g/mol. The molecule has 0 bridgehead atoms. The van der Waals surface area contributed by atoms with Crippen LogP contribution < -0.4 is 5.43 Å². The summed E-state index contributed by atoms with van der Waals surface area (Å²) >= 11 is 5.13. The number of aryl methyl sites for hydroxylation is 1. The highest BCUT2D eigenvalue weighted by Gasteiger charge is 2.26. The number of hydrogen-bond acceptors (Lipinski definition) is 3. The predicted octanol–water partition coefficient (Wildman–Crippen LogP) is 2.41. The number of amides is 1. The third-order valence-electron chi connectivity index (χ3n) is 3.32. The molecule has 1 aromatic rings. The van der Waals surface area contributed by atoms with Gasteiger partial charge < -0.3 is 9.88 Å². The highest BCUT2D eigenvalue weighted by molar-refractivity contribution is 9.10. The number of nitrogens with one attached hydrogen (secondary N) is 1. The summed E-state index contributed by atoms with van der Waals surface area (Å²) in [4.78, 5) is 29.3. The zero-order valence-corrected chi connectivity index (χ0v) is 13.4. The van der Waals surface area contributed by atoms with Gasteiger partial charge in [-0.15, -0.1) is 0 Å². The molecule has 19 heavy (non-hydrogen) atoms. The number of thioether (sulfide) groups is 1. The Morgan fingerprint density at radius 2 is 2.37 bits per heavy atom. The highest BCUT2D eigenvalue weighted by atomic mass is 79.9. The Labute approximate surface area is 125 Å². The number of pyridine rings is 1. The van der Waals surface area contributed by atoms with E-state index in [-0.39, 0.29) is 16.9 Å². The summed E-state index contributed by atoms with van der Waals surface area (Å²) in [6.07, 6.45) is 2.57. The largest absolute Gasteiger partial charge is 0.363 e. The minimum atomic E-state index is -0.229. The van der Waals surface area contributed by atoms with Gasteiger partial charge in [0.15, 0.2) is 0 Å². The summed E-state index contributed by atoms with van der Waals surface area (Å²) in [5, 5.41) is 0.477. The first-order chi connectivity index (χ1) is 9.04. The molecule has 1 aliphatic heterocycles. The molecule has 4 nitrogen and oxygen atoms in total. The predicted molar refractivity (Wildman–Crippen MR) is 81.9 cm³/mol. The lowest BCUT2D eigenvalue weighted by Gasteiger charge is -2.31. The van der Waals surface area contributed by atoms with Gasteiger partial charge in [0.05, 0.1) is 4.47 Å². The Balaban J connectivity index is 2.25. The fourth-order valence-electron chi connectivity index (χ4n) is 2.08. The van der Waals surface area contributed by atoms with Gasteiger partial charge in [0.25, 0.3) is 5.91 Å². The number of rotatable bonds is 2. The van der Waals surface area contributed by atoms with E-state index in [1.165, 1.54) is 6.20 Å². The Morgan fingerprint density at radius 1 is 1.63 bits per heavy atom. The molecule has 1 fully saturated rings. The van der Waals surface area contributed by atoms with Gasteiger partial charge in [-0.25, -0.2) is 0 Å². The molecule has 2 heterocycles. The molecule has 1 amide bonds. The molecule has 104 valence electrons. The maximum absolute atomic E-state index is 12.4. The molecule has 1 N–H and O–H groups in total. The Bertz CT molecular complexity index is 544. The molecule has 0 radical (unpaired) electrons. The standard InChI is InChI=1S/C13H17BrN2O2S/c1-3-9-7-16(4-5-19-9)13(18)10-6-15-8(2)11(14)12(10)17/h6,9H,3-5,7H2,1-2H3,(H,15,17)/t9-/m0/s1. The smallest absolute Gasteiger partial charge is 0.259 e. The summed E-state index contributed by atoms with van der Waals surface area (Å²) in [6, 6.07) is 0. The summed E-state index contributed by atoms with van der Waals surface area (Å²) < 4.78 is 0.441. The summed E-state index contributed by atoms with van der Waals surface area (Å²) in [5.74, 6) is 0.774. The lowest BCUT2D eigenvalue weighted by Crippen LogP contribution is -2.43. The van der Waals surface area contributed by atoms with E-state index in [1.807, 2.05) is 11.8 Å².